The number of nitrogens with one attached hydrogen (secondary N) is 2. The van der Waals surface area contributed by atoms with Crippen molar-refractivity contribution in [1.82, 2.24) is 0 Å². The second-order valence-corrected chi connectivity index (χ2v) is 8.93. The highest BCUT2D eigenvalue weighted by atomic mass is 32.1. The van der Waals surface area contributed by atoms with Gasteiger partial charge in [0.25, 0.3) is 0 Å². The zero-order valence-electron chi connectivity index (χ0n) is 22.1. The molecule has 0 fully saturated rings. The van der Waals surface area contributed by atoms with Crippen molar-refractivity contribution in [3.63, 3.8) is 0 Å². The number of carbonyl (C=O) groups is 3. The molecule has 0 aliphatic heterocycles. The van der Waals surface area contributed by atoms with Crippen LogP contribution in [0.1, 0.15) is 32.5 Å². The maximum absolute atomic E-state index is 14.9. The van der Waals surface area contributed by atoms with Gasteiger partial charge in [-0.3, -0.25) is 0 Å². The SMILES string of the molecule is CCOc1ccc(F)c(F)c1CN(C)c1cc(NC(=O)Nc2csc(C(=O)OC)c2C(=O)OC)c(F)cc1OC. The number of carbonyl (C=O) groups excluding carboxylic acids is 3. The van der Waals surface area contributed by atoms with Gasteiger partial charge in [0.15, 0.2) is 17.5 Å². The lowest BCUT2D eigenvalue weighted by Gasteiger charge is -2.24. The summed E-state index contributed by atoms with van der Waals surface area (Å²) in [7, 11) is 5.05. The van der Waals surface area contributed by atoms with Crippen molar-refractivity contribution >= 4 is 46.4 Å². The minimum absolute atomic E-state index is 0.0502. The van der Waals surface area contributed by atoms with Gasteiger partial charge < -0.3 is 34.5 Å². The Hall–Kier alpha value is -4.46. The van der Waals surface area contributed by atoms with E-state index in [0.29, 0.717) is 0 Å². The number of anilines is 3. The van der Waals surface area contributed by atoms with Crippen molar-refractivity contribution in [2.45, 2.75) is 13.5 Å². The topological polar surface area (TPSA) is 115 Å². The largest absolute Gasteiger partial charge is 0.494 e. The van der Waals surface area contributed by atoms with Crippen LogP contribution in [0.25, 0.3) is 0 Å². The van der Waals surface area contributed by atoms with Gasteiger partial charge in [-0.25, -0.2) is 27.6 Å². The fourth-order valence-corrected chi connectivity index (χ4v) is 4.61. The summed E-state index contributed by atoms with van der Waals surface area (Å²) in [6.45, 7) is 1.72. The van der Waals surface area contributed by atoms with Crippen LogP contribution in [-0.2, 0) is 16.0 Å². The molecular formula is C26H26F3N3O7S. The minimum Gasteiger partial charge on any atom is -0.494 e. The Morgan fingerprint density at radius 1 is 0.925 bits per heavy atom. The summed E-state index contributed by atoms with van der Waals surface area (Å²) in [4.78, 5) is 38.4. The van der Waals surface area contributed by atoms with E-state index in [0.717, 1.165) is 37.7 Å². The molecule has 214 valence electrons. The van der Waals surface area contributed by atoms with Crippen molar-refractivity contribution in [1.29, 1.82) is 0 Å². The molecule has 1 aromatic heterocycles. The van der Waals surface area contributed by atoms with Crippen molar-refractivity contribution in [3.8, 4) is 11.5 Å². The minimum atomic E-state index is -1.10. The molecule has 2 amide bonds. The molecule has 10 nitrogen and oxygen atoms in total. The fourth-order valence-electron chi connectivity index (χ4n) is 3.71. The van der Waals surface area contributed by atoms with Crippen LogP contribution >= 0.6 is 11.3 Å². The van der Waals surface area contributed by atoms with Gasteiger partial charge in [-0.1, -0.05) is 0 Å². The number of hydrogen-bond donors (Lipinski definition) is 2. The molecule has 0 saturated carbocycles. The molecule has 14 heteroatoms. The Kier molecular flexibility index (Phi) is 9.82. The van der Waals surface area contributed by atoms with Gasteiger partial charge in [0, 0.05) is 25.0 Å². The molecule has 0 spiro atoms. The summed E-state index contributed by atoms with van der Waals surface area (Å²) in [5, 5.41) is 6.04. The number of amides is 2. The average Bonchev–Trinajstić information content (AvgIpc) is 3.35. The van der Waals surface area contributed by atoms with E-state index in [-0.39, 0.29) is 57.7 Å². The van der Waals surface area contributed by atoms with Crippen LogP contribution in [-0.4, -0.2) is 53.0 Å². The normalized spacial score (nSPS) is 10.5. The Morgan fingerprint density at radius 3 is 2.23 bits per heavy atom. The Bertz CT molecular complexity index is 1430. The van der Waals surface area contributed by atoms with Gasteiger partial charge in [-0.15, -0.1) is 11.3 Å². The van der Waals surface area contributed by atoms with E-state index in [2.05, 4.69) is 15.4 Å². The van der Waals surface area contributed by atoms with Crippen LogP contribution in [0.3, 0.4) is 0 Å². The van der Waals surface area contributed by atoms with Gasteiger partial charge in [-0.2, -0.15) is 0 Å². The van der Waals surface area contributed by atoms with Gasteiger partial charge >= 0.3 is 18.0 Å². The first-order valence-electron chi connectivity index (χ1n) is 11.6. The van der Waals surface area contributed by atoms with E-state index in [1.54, 1.807) is 6.92 Å². The number of ether oxygens (including phenoxy) is 4. The summed E-state index contributed by atoms with van der Waals surface area (Å²) in [5.74, 6) is -4.55. The standard InChI is InChI=1S/C26H26F3N3O7S/c1-6-39-19-8-7-14(27)22(29)13(19)11-32(2)18-10-16(15(28)9-20(18)36-3)30-26(35)31-17-12-40-23(25(34)38-5)21(17)24(33)37-4/h7-10,12H,6,11H2,1-5H3,(H2,30,31,35). The first-order valence-corrected chi connectivity index (χ1v) is 12.5. The number of thiophene rings is 1. The van der Waals surface area contributed by atoms with Crippen molar-refractivity contribution in [2.24, 2.45) is 0 Å². The molecule has 3 rings (SSSR count). The van der Waals surface area contributed by atoms with Gasteiger partial charge in [-0.05, 0) is 25.1 Å². The van der Waals surface area contributed by atoms with Crippen LogP contribution in [0.4, 0.5) is 35.0 Å². The first-order chi connectivity index (χ1) is 19.1. The molecule has 0 atom stereocenters. The van der Waals surface area contributed by atoms with Crippen LogP contribution in [0, 0.1) is 17.5 Å². The second-order valence-electron chi connectivity index (χ2n) is 8.05. The number of urea groups is 1. The van der Waals surface area contributed by atoms with Crippen LogP contribution in [0.2, 0.25) is 0 Å². The third-order valence-electron chi connectivity index (χ3n) is 5.58. The van der Waals surface area contributed by atoms with E-state index >= 15 is 0 Å². The Balaban J connectivity index is 1.90. The summed E-state index contributed by atoms with van der Waals surface area (Å²) in [6.07, 6.45) is 0. The Labute approximate surface area is 231 Å². The molecule has 0 radical (unpaired) electrons. The highest BCUT2D eigenvalue weighted by Gasteiger charge is 2.27. The molecule has 0 aliphatic rings. The number of rotatable bonds is 10. The van der Waals surface area contributed by atoms with Gasteiger partial charge in [0.2, 0.25) is 0 Å². The lowest BCUT2D eigenvalue weighted by atomic mass is 10.1. The molecule has 2 N–H and O–H groups in total. The summed E-state index contributed by atoms with van der Waals surface area (Å²) in [5.41, 5.74) is -0.437. The smallest absolute Gasteiger partial charge is 0.349 e. The lowest BCUT2D eigenvalue weighted by molar-refractivity contribution is 0.0561. The van der Waals surface area contributed by atoms with Gasteiger partial charge in [0.05, 0.1) is 50.6 Å². The lowest BCUT2D eigenvalue weighted by Crippen LogP contribution is -2.23. The zero-order chi connectivity index (χ0) is 29.6. The number of hydrogen-bond acceptors (Lipinski definition) is 9. The summed E-state index contributed by atoms with van der Waals surface area (Å²) >= 11 is 0.840. The summed E-state index contributed by atoms with van der Waals surface area (Å²) in [6, 6.07) is 3.55. The van der Waals surface area contributed by atoms with E-state index in [9.17, 15) is 27.6 Å². The molecule has 0 saturated heterocycles. The maximum Gasteiger partial charge on any atom is 0.349 e. The van der Waals surface area contributed by atoms with Crippen LogP contribution in [0.5, 0.6) is 11.5 Å². The number of halogens is 3. The fraction of sp³-hybridized carbons (Fsp3) is 0.269. The number of methoxy groups -OCH3 is 3. The molecule has 0 aliphatic carbocycles. The summed E-state index contributed by atoms with van der Waals surface area (Å²) < 4.78 is 63.6. The predicted molar refractivity (Wildman–Crippen MR) is 142 cm³/mol. The molecule has 1 heterocycles. The molecule has 0 unspecified atom stereocenters. The number of benzene rings is 2. The van der Waals surface area contributed by atoms with Gasteiger partial charge in [0.1, 0.15) is 21.9 Å². The van der Waals surface area contributed by atoms with Crippen LogP contribution < -0.4 is 25.0 Å². The second kappa shape index (κ2) is 13.1. The van der Waals surface area contributed by atoms with Crippen molar-refractivity contribution in [2.75, 3.05) is 50.5 Å². The first kappa shape index (κ1) is 30.1. The molecular weight excluding hydrogens is 555 g/mol. The van der Waals surface area contributed by atoms with Crippen molar-refractivity contribution in [3.05, 3.63) is 63.1 Å². The average molecular weight is 582 g/mol. The van der Waals surface area contributed by atoms with E-state index in [4.69, 9.17) is 14.2 Å². The highest BCUT2D eigenvalue weighted by Crippen LogP contribution is 2.36. The maximum atomic E-state index is 14.9. The third kappa shape index (κ3) is 6.39. The third-order valence-corrected chi connectivity index (χ3v) is 6.54. The highest BCUT2D eigenvalue weighted by molar-refractivity contribution is 7.13. The predicted octanol–water partition coefficient (Wildman–Crippen LogP) is 5.43. The molecule has 3 aromatic rings. The number of nitrogens with zero attached hydrogens (tertiary/aromatic N) is 1. The monoisotopic (exact) mass is 581 g/mol. The molecule has 0 bridgehead atoms. The van der Waals surface area contributed by atoms with E-state index in [1.165, 1.54) is 36.6 Å². The van der Waals surface area contributed by atoms with E-state index < -0.39 is 35.4 Å². The van der Waals surface area contributed by atoms with Crippen LogP contribution in [0.15, 0.2) is 29.6 Å². The van der Waals surface area contributed by atoms with Crippen molar-refractivity contribution < 1.29 is 46.5 Å². The van der Waals surface area contributed by atoms with E-state index in [1.807, 2.05) is 0 Å². The Morgan fingerprint density at radius 2 is 1.60 bits per heavy atom. The molecule has 40 heavy (non-hydrogen) atoms. The number of esters is 2. The molecule has 2 aromatic carbocycles. The quantitative estimate of drug-likeness (QED) is 0.305. The zero-order valence-corrected chi connectivity index (χ0v) is 23.0.